The monoisotopic (exact) mass is 149 g/mol. The molecule has 1 aromatic carbocycles. The van der Waals surface area contributed by atoms with Crippen LogP contribution >= 0.6 is 0 Å². The highest BCUT2D eigenvalue weighted by molar-refractivity contribution is 5.23. The lowest BCUT2D eigenvalue weighted by Crippen LogP contribution is -2.05. The number of ether oxygens (including phenoxy) is 1. The van der Waals surface area contributed by atoms with Gasteiger partial charge < -0.3 is 4.74 Å². The molecule has 1 nitrogen and oxygen atoms in total. The summed E-state index contributed by atoms with van der Waals surface area (Å²) >= 11 is 0. The fourth-order valence-corrected chi connectivity index (χ4v) is 0.903. The molecule has 1 radical (unpaired) electrons. The van der Waals surface area contributed by atoms with E-state index in [4.69, 9.17) is 4.74 Å². The maximum absolute atomic E-state index is 5.10. The van der Waals surface area contributed by atoms with E-state index in [0.29, 0.717) is 0 Å². The molecule has 0 saturated carbocycles. The van der Waals surface area contributed by atoms with Gasteiger partial charge in [-0.1, -0.05) is 30.3 Å². The fraction of sp³-hybridized carbons (Fsp3) is 0.300. The van der Waals surface area contributed by atoms with Crippen molar-refractivity contribution in [3.63, 3.8) is 0 Å². The Labute approximate surface area is 68.0 Å². The van der Waals surface area contributed by atoms with Crippen LogP contribution in [0.25, 0.3) is 0 Å². The predicted molar refractivity (Wildman–Crippen MR) is 46.3 cm³/mol. The minimum Gasteiger partial charge on any atom is -0.381 e. The zero-order valence-electron chi connectivity index (χ0n) is 6.95. The van der Waals surface area contributed by atoms with Gasteiger partial charge in [-0.05, 0) is 12.5 Å². The lowest BCUT2D eigenvalue weighted by molar-refractivity contribution is 0.146. The highest BCUT2D eigenvalue weighted by atomic mass is 16.5. The third kappa shape index (κ3) is 2.72. The standard InChI is InChI=1S/C10H13O/c1-9(11-2)8-10-6-4-3-5-7-10/h3-9H,1-2H3. The number of hydrogen-bond acceptors (Lipinski definition) is 1. The zero-order chi connectivity index (χ0) is 8.10. The number of hydrogen-bond donors (Lipinski definition) is 0. The lowest BCUT2D eigenvalue weighted by Gasteiger charge is -2.07. The van der Waals surface area contributed by atoms with Crippen molar-refractivity contribution >= 4 is 0 Å². The summed E-state index contributed by atoms with van der Waals surface area (Å²) in [4.78, 5) is 0. The minimum atomic E-state index is 0.192. The van der Waals surface area contributed by atoms with Crippen LogP contribution in [-0.4, -0.2) is 13.2 Å². The van der Waals surface area contributed by atoms with E-state index < -0.39 is 0 Å². The quantitative estimate of drug-likeness (QED) is 0.640. The SMILES string of the molecule is COC(C)[CH]c1ccccc1. The molecule has 0 saturated heterocycles. The fourth-order valence-electron chi connectivity index (χ4n) is 0.903. The molecule has 0 bridgehead atoms. The van der Waals surface area contributed by atoms with Crippen molar-refractivity contribution < 1.29 is 4.74 Å². The van der Waals surface area contributed by atoms with E-state index in [9.17, 15) is 0 Å². The average molecular weight is 149 g/mol. The van der Waals surface area contributed by atoms with Crippen LogP contribution in [0.15, 0.2) is 30.3 Å². The van der Waals surface area contributed by atoms with Crippen LogP contribution in [0.2, 0.25) is 0 Å². The van der Waals surface area contributed by atoms with Gasteiger partial charge in [-0.15, -0.1) is 0 Å². The molecule has 11 heavy (non-hydrogen) atoms. The van der Waals surface area contributed by atoms with Gasteiger partial charge in [-0.25, -0.2) is 0 Å². The first-order valence-electron chi connectivity index (χ1n) is 3.75. The Morgan fingerprint density at radius 1 is 1.27 bits per heavy atom. The molecule has 0 fully saturated rings. The summed E-state index contributed by atoms with van der Waals surface area (Å²) in [5.74, 6) is 0. The largest absolute Gasteiger partial charge is 0.381 e. The van der Waals surface area contributed by atoms with Gasteiger partial charge >= 0.3 is 0 Å². The zero-order valence-corrected chi connectivity index (χ0v) is 6.95. The van der Waals surface area contributed by atoms with Gasteiger partial charge in [0.2, 0.25) is 0 Å². The summed E-state index contributed by atoms with van der Waals surface area (Å²) < 4.78 is 5.10. The first-order chi connectivity index (χ1) is 5.33. The van der Waals surface area contributed by atoms with E-state index in [-0.39, 0.29) is 6.10 Å². The molecule has 0 aliphatic carbocycles. The van der Waals surface area contributed by atoms with E-state index in [1.54, 1.807) is 7.11 Å². The summed E-state index contributed by atoms with van der Waals surface area (Å²) in [5, 5.41) is 0. The third-order valence-electron chi connectivity index (χ3n) is 1.60. The van der Waals surface area contributed by atoms with Gasteiger partial charge in [-0.3, -0.25) is 0 Å². The summed E-state index contributed by atoms with van der Waals surface area (Å²) in [6, 6.07) is 10.2. The van der Waals surface area contributed by atoms with Crippen molar-refractivity contribution in [2.75, 3.05) is 7.11 Å². The first kappa shape index (κ1) is 8.28. The van der Waals surface area contributed by atoms with Crippen LogP contribution in [0.3, 0.4) is 0 Å². The molecule has 1 heteroatoms. The average Bonchev–Trinajstić information content (AvgIpc) is 2.06. The topological polar surface area (TPSA) is 9.23 Å². The van der Waals surface area contributed by atoms with Crippen molar-refractivity contribution in [1.29, 1.82) is 0 Å². The van der Waals surface area contributed by atoms with Crippen LogP contribution in [0.4, 0.5) is 0 Å². The predicted octanol–water partition coefficient (Wildman–Crippen LogP) is 2.27. The Hall–Kier alpha value is -0.820. The van der Waals surface area contributed by atoms with Crippen molar-refractivity contribution in [3.8, 4) is 0 Å². The Morgan fingerprint density at radius 2 is 1.91 bits per heavy atom. The van der Waals surface area contributed by atoms with E-state index in [1.807, 2.05) is 25.1 Å². The van der Waals surface area contributed by atoms with Crippen LogP contribution in [0.5, 0.6) is 0 Å². The van der Waals surface area contributed by atoms with Gasteiger partial charge in [0.25, 0.3) is 0 Å². The van der Waals surface area contributed by atoms with Crippen molar-refractivity contribution in [2.45, 2.75) is 13.0 Å². The van der Waals surface area contributed by atoms with E-state index in [2.05, 4.69) is 18.6 Å². The molecule has 1 atom stereocenters. The number of methoxy groups -OCH3 is 1. The molecule has 1 aromatic rings. The summed E-state index contributed by atoms with van der Waals surface area (Å²) in [6.45, 7) is 2.02. The van der Waals surface area contributed by atoms with Gasteiger partial charge in [-0.2, -0.15) is 0 Å². The number of benzene rings is 1. The van der Waals surface area contributed by atoms with E-state index >= 15 is 0 Å². The molecule has 0 aliphatic rings. The Bertz CT molecular complexity index is 193. The summed E-state index contributed by atoms with van der Waals surface area (Å²) in [7, 11) is 1.71. The molecule has 0 aromatic heterocycles. The molecule has 59 valence electrons. The first-order valence-corrected chi connectivity index (χ1v) is 3.75. The van der Waals surface area contributed by atoms with Crippen LogP contribution in [-0.2, 0) is 4.74 Å². The lowest BCUT2D eigenvalue weighted by atomic mass is 10.1. The molecule has 1 unspecified atom stereocenters. The molecule has 0 spiro atoms. The van der Waals surface area contributed by atoms with Gasteiger partial charge in [0.15, 0.2) is 0 Å². The maximum atomic E-state index is 5.10. The molecule has 0 aliphatic heterocycles. The molecule has 1 rings (SSSR count). The van der Waals surface area contributed by atoms with Crippen LogP contribution in [0.1, 0.15) is 12.5 Å². The van der Waals surface area contributed by atoms with Crippen molar-refractivity contribution in [1.82, 2.24) is 0 Å². The number of rotatable bonds is 3. The molecule has 0 N–H and O–H groups in total. The molecule has 0 amide bonds. The second-order valence-electron chi connectivity index (χ2n) is 2.52. The van der Waals surface area contributed by atoms with E-state index in [0.717, 1.165) is 0 Å². The smallest absolute Gasteiger partial charge is 0.0618 e. The van der Waals surface area contributed by atoms with Gasteiger partial charge in [0.05, 0.1) is 6.10 Å². The second-order valence-corrected chi connectivity index (χ2v) is 2.52. The summed E-state index contributed by atoms with van der Waals surface area (Å²) in [6.07, 6.45) is 2.28. The minimum absolute atomic E-state index is 0.192. The molecule has 0 heterocycles. The Kier molecular flexibility index (Phi) is 3.12. The normalized spacial score (nSPS) is 12.9. The van der Waals surface area contributed by atoms with Gasteiger partial charge in [0, 0.05) is 13.5 Å². The second kappa shape index (κ2) is 4.14. The Balaban J connectivity index is 2.51. The van der Waals surface area contributed by atoms with Crippen molar-refractivity contribution in [3.05, 3.63) is 42.3 Å². The highest BCUT2D eigenvalue weighted by Crippen LogP contribution is 2.06. The van der Waals surface area contributed by atoms with Crippen LogP contribution < -0.4 is 0 Å². The molecular weight excluding hydrogens is 136 g/mol. The van der Waals surface area contributed by atoms with Crippen LogP contribution in [0, 0.1) is 6.42 Å². The Morgan fingerprint density at radius 3 is 2.45 bits per heavy atom. The third-order valence-corrected chi connectivity index (χ3v) is 1.60. The van der Waals surface area contributed by atoms with E-state index in [1.165, 1.54) is 5.56 Å². The highest BCUT2D eigenvalue weighted by Gasteiger charge is 1.99. The van der Waals surface area contributed by atoms with Crippen molar-refractivity contribution in [2.24, 2.45) is 0 Å². The summed E-state index contributed by atoms with van der Waals surface area (Å²) in [5.41, 5.74) is 1.21. The maximum Gasteiger partial charge on any atom is 0.0618 e. The molecular formula is C10H13O. The van der Waals surface area contributed by atoms with Gasteiger partial charge in [0.1, 0.15) is 0 Å².